The molecule has 13 heavy (non-hydrogen) atoms. The van der Waals surface area contributed by atoms with Crippen LogP contribution in [0.4, 0.5) is 0 Å². The molecule has 0 bridgehead atoms. The van der Waals surface area contributed by atoms with E-state index in [4.69, 9.17) is 11.6 Å². The third-order valence-corrected chi connectivity index (χ3v) is 3.52. The number of carbonyl (C=O) groups is 1. The van der Waals surface area contributed by atoms with Crippen LogP contribution in [-0.2, 0) is 11.2 Å². The first-order valence-electron chi connectivity index (χ1n) is 3.68. The Morgan fingerprint density at radius 3 is 2.85 bits per heavy atom. The predicted octanol–water partition coefficient (Wildman–Crippen LogP) is 2.70. The fraction of sp³-hybridized carbons (Fsp3) is 0.222. The molecule has 0 aliphatic carbocycles. The van der Waals surface area contributed by atoms with Crippen LogP contribution in [-0.4, -0.2) is 11.4 Å². The Bertz CT molecular complexity index is 350. The summed E-state index contributed by atoms with van der Waals surface area (Å²) in [7, 11) is 0. The second-order valence-electron chi connectivity index (χ2n) is 2.68. The van der Waals surface area contributed by atoms with Gasteiger partial charge >= 0.3 is 0 Å². The van der Waals surface area contributed by atoms with Crippen molar-refractivity contribution < 1.29 is 9.90 Å². The van der Waals surface area contributed by atoms with E-state index in [9.17, 15) is 9.90 Å². The van der Waals surface area contributed by atoms with Crippen molar-refractivity contribution in [1.82, 2.24) is 0 Å². The van der Waals surface area contributed by atoms with Crippen molar-refractivity contribution in [2.45, 2.75) is 13.3 Å². The standard InChI is InChI=1S/C9H8ClIO2/c1-5-7(10)4-6(2-3-12)9(13)8(5)11/h3-4,13H,2H2,1H3. The van der Waals surface area contributed by atoms with Crippen LogP contribution in [0.15, 0.2) is 6.07 Å². The maximum atomic E-state index is 10.3. The van der Waals surface area contributed by atoms with Gasteiger partial charge in [-0.05, 0) is 41.1 Å². The second-order valence-corrected chi connectivity index (χ2v) is 4.16. The van der Waals surface area contributed by atoms with E-state index >= 15 is 0 Å². The monoisotopic (exact) mass is 310 g/mol. The highest BCUT2D eigenvalue weighted by Gasteiger charge is 2.10. The topological polar surface area (TPSA) is 37.3 Å². The first-order valence-corrected chi connectivity index (χ1v) is 5.13. The highest BCUT2D eigenvalue weighted by Crippen LogP contribution is 2.32. The number of hydrogen-bond acceptors (Lipinski definition) is 2. The molecule has 0 aliphatic rings. The quantitative estimate of drug-likeness (QED) is 0.673. The third-order valence-electron chi connectivity index (χ3n) is 1.80. The Morgan fingerprint density at radius 2 is 2.31 bits per heavy atom. The average molecular weight is 311 g/mol. The molecule has 1 N–H and O–H groups in total. The Balaban J connectivity index is 3.31. The van der Waals surface area contributed by atoms with Crippen LogP contribution in [0, 0.1) is 10.5 Å². The van der Waals surface area contributed by atoms with Crippen LogP contribution in [0.1, 0.15) is 11.1 Å². The van der Waals surface area contributed by atoms with Gasteiger partial charge in [0, 0.05) is 17.0 Å². The number of benzene rings is 1. The number of halogens is 2. The lowest BCUT2D eigenvalue weighted by atomic mass is 10.1. The van der Waals surface area contributed by atoms with Crippen molar-refractivity contribution >= 4 is 40.5 Å². The summed E-state index contributed by atoms with van der Waals surface area (Å²) in [4.78, 5) is 10.3. The molecule has 0 fully saturated rings. The molecular formula is C9H8ClIO2. The fourth-order valence-electron chi connectivity index (χ4n) is 0.998. The number of rotatable bonds is 2. The molecule has 4 heteroatoms. The minimum absolute atomic E-state index is 0.162. The van der Waals surface area contributed by atoms with Crippen molar-refractivity contribution in [3.05, 3.63) is 25.8 Å². The molecule has 0 aliphatic heterocycles. The number of aldehydes is 1. The van der Waals surface area contributed by atoms with E-state index in [0.29, 0.717) is 14.2 Å². The van der Waals surface area contributed by atoms with Crippen LogP contribution in [0.25, 0.3) is 0 Å². The van der Waals surface area contributed by atoms with E-state index in [1.807, 2.05) is 29.5 Å². The van der Waals surface area contributed by atoms with Gasteiger partial charge in [-0.15, -0.1) is 0 Å². The summed E-state index contributed by atoms with van der Waals surface area (Å²) in [6.07, 6.45) is 0.943. The molecule has 0 saturated heterocycles. The number of phenols is 1. The molecule has 70 valence electrons. The van der Waals surface area contributed by atoms with E-state index in [1.54, 1.807) is 6.07 Å². The SMILES string of the molecule is Cc1c(Cl)cc(CC=O)c(O)c1I. The van der Waals surface area contributed by atoms with E-state index in [0.717, 1.165) is 11.8 Å². The highest BCUT2D eigenvalue weighted by atomic mass is 127. The molecule has 1 aromatic carbocycles. The van der Waals surface area contributed by atoms with E-state index in [2.05, 4.69) is 0 Å². The largest absolute Gasteiger partial charge is 0.507 e. The lowest BCUT2D eigenvalue weighted by Crippen LogP contribution is -1.92. The first kappa shape index (κ1) is 10.8. The maximum absolute atomic E-state index is 10.3. The fourth-order valence-corrected chi connectivity index (χ4v) is 2.02. The summed E-state index contributed by atoms with van der Waals surface area (Å²) in [5.41, 5.74) is 1.42. The molecular weight excluding hydrogens is 302 g/mol. The van der Waals surface area contributed by atoms with Gasteiger partial charge in [-0.25, -0.2) is 0 Å². The van der Waals surface area contributed by atoms with Gasteiger partial charge < -0.3 is 9.90 Å². The summed E-state index contributed by atoms with van der Waals surface area (Å²) >= 11 is 7.90. The van der Waals surface area contributed by atoms with Gasteiger partial charge in [0.25, 0.3) is 0 Å². The summed E-state index contributed by atoms with van der Waals surface area (Å²) in [5.74, 6) is 0.162. The highest BCUT2D eigenvalue weighted by molar-refractivity contribution is 14.1. The Labute approximate surface area is 95.0 Å². The van der Waals surface area contributed by atoms with Crippen molar-refractivity contribution in [3.8, 4) is 5.75 Å². The molecule has 0 atom stereocenters. The van der Waals surface area contributed by atoms with Gasteiger partial charge in [-0.3, -0.25) is 0 Å². The van der Waals surface area contributed by atoms with Crippen molar-refractivity contribution in [3.63, 3.8) is 0 Å². The van der Waals surface area contributed by atoms with Crippen molar-refractivity contribution in [2.24, 2.45) is 0 Å². The molecule has 2 nitrogen and oxygen atoms in total. The zero-order valence-corrected chi connectivity index (χ0v) is 9.89. The second kappa shape index (κ2) is 4.28. The summed E-state index contributed by atoms with van der Waals surface area (Å²) in [6.45, 7) is 1.83. The van der Waals surface area contributed by atoms with Gasteiger partial charge in [0.2, 0.25) is 0 Å². The van der Waals surface area contributed by atoms with Gasteiger partial charge in [0.05, 0.1) is 3.57 Å². The zero-order valence-electron chi connectivity index (χ0n) is 6.97. The van der Waals surface area contributed by atoms with Crippen LogP contribution in [0.3, 0.4) is 0 Å². The molecule has 0 spiro atoms. The van der Waals surface area contributed by atoms with E-state index in [-0.39, 0.29) is 12.2 Å². The average Bonchev–Trinajstić information content (AvgIpc) is 2.11. The molecule has 0 amide bonds. The number of aromatic hydroxyl groups is 1. The van der Waals surface area contributed by atoms with Gasteiger partial charge in [0.15, 0.2) is 0 Å². The molecule has 0 heterocycles. The minimum Gasteiger partial charge on any atom is -0.507 e. The predicted molar refractivity (Wildman–Crippen MR) is 60.3 cm³/mol. The summed E-state index contributed by atoms with van der Waals surface area (Å²) in [6, 6.07) is 1.63. The van der Waals surface area contributed by atoms with Gasteiger partial charge in [-0.1, -0.05) is 11.6 Å². The molecule has 1 aromatic rings. The van der Waals surface area contributed by atoms with Crippen LogP contribution in [0.2, 0.25) is 5.02 Å². The summed E-state index contributed by atoms with van der Waals surface area (Å²) < 4.78 is 0.710. The minimum atomic E-state index is 0.162. The summed E-state index contributed by atoms with van der Waals surface area (Å²) in [5, 5.41) is 10.2. The van der Waals surface area contributed by atoms with Gasteiger partial charge in [0.1, 0.15) is 12.0 Å². The Kier molecular flexibility index (Phi) is 3.55. The molecule has 0 aromatic heterocycles. The van der Waals surface area contributed by atoms with Crippen molar-refractivity contribution in [2.75, 3.05) is 0 Å². The lowest BCUT2D eigenvalue weighted by molar-refractivity contribution is -0.107. The number of hydrogen-bond donors (Lipinski definition) is 1. The first-order chi connectivity index (χ1) is 6.07. The Morgan fingerprint density at radius 1 is 1.69 bits per heavy atom. The molecule has 1 rings (SSSR count). The third kappa shape index (κ3) is 2.14. The van der Waals surface area contributed by atoms with E-state index < -0.39 is 0 Å². The molecule has 0 radical (unpaired) electrons. The van der Waals surface area contributed by atoms with Crippen LogP contribution < -0.4 is 0 Å². The normalized spacial score (nSPS) is 10.1. The van der Waals surface area contributed by atoms with Crippen molar-refractivity contribution in [1.29, 1.82) is 0 Å². The van der Waals surface area contributed by atoms with Gasteiger partial charge in [-0.2, -0.15) is 0 Å². The zero-order chi connectivity index (χ0) is 10.0. The number of phenolic OH excluding ortho intramolecular Hbond substituents is 1. The van der Waals surface area contributed by atoms with Crippen LogP contribution in [0.5, 0.6) is 5.75 Å². The molecule has 0 unspecified atom stereocenters. The van der Waals surface area contributed by atoms with Crippen LogP contribution >= 0.6 is 34.2 Å². The molecule has 0 saturated carbocycles. The Hall–Kier alpha value is -0.290. The maximum Gasteiger partial charge on any atom is 0.132 e. The lowest BCUT2D eigenvalue weighted by Gasteiger charge is -2.08. The van der Waals surface area contributed by atoms with E-state index in [1.165, 1.54) is 0 Å². The number of carbonyl (C=O) groups excluding carboxylic acids is 1. The smallest absolute Gasteiger partial charge is 0.132 e.